The van der Waals surface area contributed by atoms with Gasteiger partial charge in [-0.1, -0.05) is 11.6 Å². The summed E-state index contributed by atoms with van der Waals surface area (Å²) in [5.41, 5.74) is 1.33. The summed E-state index contributed by atoms with van der Waals surface area (Å²) in [4.78, 5) is 0. The zero-order valence-electron chi connectivity index (χ0n) is 7.25. The summed E-state index contributed by atoms with van der Waals surface area (Å²) in [6, 6.07) is 0. The summed E-state index contributed by atoms with van der Waals surface area (Å²) in [7, 11) is -3.24. The molecule has 0 bridgehead atoms. The molecule has 70 valence electrons. The van der Waals surface area contributed by atoms with Crippen LogP contribution in [0, 0.1) is 0 Å². The highest BCUT2D eigenvalue weighted by atomic mass is 32.2. The van der Waals surface area contributed by atoms with Crippen molar-refractivity contribution >= 4 is 10.1 Å². The number of allylic oxidation sites excluding steroid dienone is 1. The van der Waals surface area contributed by atoms with Crippen molar-refractivity contribution in [2.45, 2.75) is 25.7 Å². The molecule has 0 aromatic heterocycles. The molecular formula is C8H14O3S. The van der Waals surface area contributed by atoms with E-state index in [4.69, 9.17) is 0 Å². The third-order valence-electron chi connectivity index (χ3n) is 1.86. The maximum Gasteiger partial charge on any atom is 0.264 e. The fraction of sp³-hybridized carbons (Fsp3) is 0.750. The third-order valence-corrected chi connectivity index (χ3v) is 2.45. The first-order chi connectivity index (χ1) is 5.58. The molecular weight excluding hydrogens is 176 g/mol. The van der Waals surface area contributed by atoms with E-state index in [1.807, 2.05) is 0 Å². The Morgan fingerprint density at radius 2 is 2.33 bits per heavy atom. The molecule has 0 N–H and O–H groups in total. The van der Waals surface area contributed by atoms with Gasteiger partial charge in [-0.15, -0.1) is 0 Å². The molecule has 0 aromatic carbocycles. The van der Waals surface area contributed by atoms with Crippen molar-refractivity contribution in [1.29, 1.82) is 0 Å². The first-order valence-corrected chi connectivity index (χ1v) is 5.92. The average Bonchev–Trinajstić information content (AvgIpc) is 2.36. The van der Waals surface area contributed by atoms with Gasteiger partial charge in [0.1, 0.15) is 0 Å². The molecule has 1 aliphatic rings. The van der Waals surface area contributed by atoms with Crippen LogP contribution in [-0.4, -0.2) is 21.3 Å². The van der Waals surface area contributed by atoms with Crippen LogP contribution in [0.25, 0.3) is 0 Å². The van der Waals surface area contributed by atoms with E-state index in [0.29, 0.717) is 6.61 Å². The predicted molar refractivity (Wildman–Crippen MR) is 47.3 cm³/mol. The highest BCUT2D eigenvalue weighted by Gasteiger charge is 2.06. The van der Waals surface area contributed by atoms with E-state index >= 15 is 0 Å². The zero-order chi connectivity index (χ0) is 9.03. The second-order valence-electron chi connectivity index (χ2n) is 3.03. The van der Waals surface area contributed by atoms with Crippen molar-refractivity contribution in [2.75, 3.05) is 12.9 Å². The summed E-state index contributed by atoms with van der Waals surface area (Å²) >= 11 is 0. The van der Waals surface area contributed by atoms with Crippen LogP contribution in [0.2, 0.25) is 0 Å². The summed E-state index contributed by atoms with van der Waals surface area (Å²) in [6.07, 6.45) is 7.45. The van der Waals surface area contributed by atoms with Gasteiger partial charge in [0.2, 0.25) is 0 Å². The van der Waals surface area contributed by atoms with Crippen LogP contribution in [0.5, 0.6) is 0 Å². The quantitative estimate of drug-likeness (QED) is 0.498. The molecule has 4 heteroatoms. The standard InChI is InChI=1S/C8H14O3S/c1-12(9,10)11-7-6-8-4-2-3-5-8/h4H,2-3,5-7H2,1H3. The lowest BCUT2D eigenvalue weighted by Crippen LogP contribution is -2.04. The Kier molecular flexibility index (Phi) is 3.29. The minimum absolute atomic E-state index is 0.296. The molecule has 0 aromatic rings. The van der Waals surface area contributed by atoms with E-state index in [2.05, 4.69) is 10.3 Å². The average molecular weight is 190 g/mol. The molecule has 0 saturated carbocycles. The van der Waals surface area contributed by atoms with Crippen LogP contribution >= 0.6 is 0 Å². The SMILES string of the molecule is CS(=O)(=O)OCCC1=CCCC1. The van der Waals surface area contributed by atoms with Crippen molar-refractivity contribution in [3.63, 3.8) is 0 Å². The number of rotatable bonds is 4. The Balaban J connectivity index is 2.18. The van der Waals surface area contributed by atoms with E-state index < -0.39 is 10.1 Å². The van der Waals surface area contributed by atoms with Crippen LogP contribution in [-0.2, 0) is 14.3 Å². The molecule has 1 aliphatic carbocycles. The van der Waals surface area contributed by atoms with E-state index in [0.717, 1.165) is 25.5 Å². The van der Waals surface area contributed by atoms with E-state index in [9.17, 15) is 8.42 Å². The molecule has 0 saturated heterocycles. The van der Waals surface area contributed by atoms with Crippen LogP contribution in [0.15, 0.2) is 11.6 Å². The van der Waals surface area contributed by atoms with Crippen LogP contribution in [0.1, 0.15) is 25.7 Å². The Morgan fingerprint density at radius 3 is 2.83 bits per heavy atom. The van der Waals surface area contributed by atoms with E-state index in [-0.39, 0.29) is 0 Å². The Hall–Kier alpha value is -0.350. The zero-order valence-corrected chi connectivity index (χ0v) is 8.06. The molecule has 0 aliphatic heterocycles. The van der Waals surface area contributed by atoms with Gasteiger partial charge in [0, 0.05) is 0 Å². The van der Waals surface area contributed by atoms with Gasteiger partial charge in [0.05, 0.1) is 12.9 Å². The smallest absolute Gasteiger partial charge is 0.264 e. The Labute approximate surface area is 73.5 Å². The maximum atomic E-state index is 10.6. The van der Waals surface area contributed by atoms with Crippen LogP contribution < -0.4 is 0 Å². The summed E-state index contributed by atoms with van der Waals surface area (Å²) < 4.78 is 25.7. The molecule has 12 heavy (non-hydrogen) atoms. The van der Waals surface area contributed by atoms with Crippen molar-refractivity contribution in [2.24, 2.45) is 0 Å². The maximum absolute atomic E-state index is 10.6. The predicted octanol–water partition coefficient (Wildman–Crippen LogP) is 1.46. The Bertz CT molecular complexity index is 264. The van der Waals surface area contributed by atoms with Gasteiger partial charge in [0.15, 0.2) is 0 Å². The van der Waals surface area contributed by atoms with Gasteiger partial charge in [-0.3, -0.25) is 4.18 Å². The van der Waals surface area contributed by atoms with Crippen molar-refractivity contribution in [3.8, 4) is 0 Å². The normalized spacial score (nSPS) is 17.9. The molecule has 0 unspecified atom stereocenters. The number of hydrogen-bond donors (Lipinski definition) is 0. The largest absolute Gasteiger partial charge is 0.270 e. The lowest BCUT2D eigenvalue weighted by molar-refractivity contribution is 0.324. The molecule has 0 heterocycles. The van der Waals surface area contributed by atoms with Crippen molar-refractivity contribution in [1.82, 2.24) is 0 Å². The second-order valence-corrected chi connectivity index (χ2v) is 4.67. The van der Waals surface area contributed by atoms with Crippen molar-refractivity contribution < 1.29 is 12.6 Å². The summed E-state index contributed by atoms with van der Waals surface area (Å²) in [5, 5.41) is 0. The fourth-order valence-electron chi connectivity index (χ4n) is 1.29. The minimum atomic E-state index is -3.24. The molecule has 0 atom stereocenters. The second kappa shape index (κ2) is 4.05. The van der Waals surface area contributed by atoms with Gasteiger partial charge in [-0.2, -0.15) is 8.42 Å². The minimum Gasteiger partial charge on any atom is -0.270 e. The highest BCUT2D eigenvalue weighted by molar-refractivity contribution is 7.85. The van der Waals surface area contributed by atoms with Gasteiger partial charge in [-0.05, 0) is 25.7 Å². The molecule has 3 nitrogen and oxygen atoms in total. The van der Waals surface area contributed by atoms with Gasteiger partial charge in [-0.25, -0.2) is 0 Å². The first kappa shape index (κ1) is 9.74. The lowest BCUT2D eigenvalue weighted by atomic mass is 10.2. The first-order valence-electron chi connectivity index (χ1n) is 4.10. The van der Waals surface area contributed by atoms with Crippen LogP contribution in [0.4, 0.5) is 0 Å². The summed E-state index contributed by atoms with van der Waals surface area (Å²) in [5.74, 6) is 0. The molecule has 1 rings (SSSR count). The number of hydrogen-bond acceptors (Lipinski definition) is 3. The van der Waals surface area contributed by atoms with E-state index in [1.165, 1.54) is 12.0 Å². The molecule has 0 fully saturated rings. The fourth-order valence-corrected chi connectivity index (χ4v) is 1.67. The van der Waals surface area contributed by atoms with Crippen molar-refractivity contribution in [3.05, 3.63) is 11.6 Å². The van der Waals surface area contributed by atoms with Gasteiger partial charge in [0.25, 0.3) is 10.1 Å². The van der Waals surface area contributed by atoms with Gasteiger partial charge >= 0.3 is 0 Å². The van der Waals surface area contributed by atoms with Crippen LogP contribution in [0.3, 0.4) is 0 Å². The lowest BCUT2D eigenvalue weighted by Gasteiger charge is -2.01. The monoisotopic (exact) mass is 190 g/mol. The third kappa shape index (κ3) is 3.88. The Morgan fingerprint density at radius 1 is 1.58 bits per heavy atom. The van der Waals surface area contributed by atoms with E-state index in [1.54, 1.807) is 0 Å². The molecule has 0 spiro atoms. The molecule has 0 radical (unpaired) electrons. The highest BCUT2D eigenvalue weighted by Crippen LogP contribution is 2.20. The van der Waals surface area contributed by atoms with Gasteiger partial charge < -0.3 is 0 Å². The molecule has 0 amide bonds. The summed E-state index contributed by atoms with van der Waals surface area (Å²) in [6.45, 7) is 0.296. The topological polar surface area (TPSA) is 43.4 Å².